The largest absolute Gasteiger partial charge is 0.542 e. The molecule has 2 amide bonds. The summed E-state index contributed by atoms with van der Waals surface area (Å²) in [6.45, 7) is 4.49. The van der Waals surface area contributed by atoms with E-state index >= 15 is 0 Å². The summed E-state index contributed by atoms with van der Waals surface area (Å²) in [4.78, 5) is 24.1. The predicted octanol–water partition coefficient (Wildman–Crippen LogP) is 4.51. The number of alkyl halides is 3. The van der Waals surface area contributed by atoms with E-state index in [1.807, 2.05) is 11.0 Å². The zero-order valence-corrected chi connectivity index (χ0v) is 22.5. The molecule has 2 unspecified atom stereocenters. The van der Waals surface area contributed by atoms with E-state index in [-0.39, 0.29) is 23.7 Å². The van der Waals surface area contributed by atoms with Gasteiger partial charge in [0.1, 0.15) is 29.2 Å². The smallest absolute Gasteiger partial charge is 0.430 e. The molecule has 2 fully saturated rings. The molecule has 0 radical (unpaired) electrons. The van der Waals surface area contributed by atoms with E-state index in [1.54, 1.807) is 24.3 Å². The van der Waals surface area contributed by atoms with Crippen molar-refractivity contribution in [2.24, 2.45) is 0 Å². The third-order valence-electron chi connectivity index (χ3n) is 8.15. The van der Waals surface area contributed by atoms with Crippen molar-refractivity contribution in [1.29, 1.82) is 0 Å². The summed E-state index contributed by atoms with van der Waals surface area (Å²) in [5, 5.41) is 12.0. The van der Waals surface area contributed by atoms with Gasteiger partial charge in [-0.3, -0.25) is 0 Å². The first-order valence-corrected chi connectivity index (χ1v) is 13.0. The number of carboxylic acids is 1. The number of halogens is 5. The van der Waals surface area contributed by atoms with E-state index in [1.165, 1.54) is 29.8 Å². The molecular weight excluding hydrogens is 545 g/mol. The molecule has 1 N–H and O–H groups in total. The van der Waals surface area contributed by atoms with Gasteiger partial charge in [-0.2, -0.15) is 13.2 Å². The minimum atomic E-state index is -5.19. The van der Waals surface area contributed by atoms with E-state index in [0.29, 0.717) is 12.6 Å². The van der Waals surface area contributed by atoms with Crippen LogP contribution in [-0.2, 0) is 10.3 Å². The average Bonchev–Trinajstić information content (AvgIpc) is 3.50. The van der Waals surface area contributed by atoms with Gasteiger partial charge in [0.2, 0.25) is 0 Å². The van der Waals surface area contributed by atoms with Crippen LogP contribution < -0.4 is 10.4 Å². The number of amides is 2. The van der Waals surface area contributed by atoms with Crippen LogP contribution in [0.25, 0.3) is 0 Å². The second kappa shape index (κ2) is 11.5. The summed E-state index contributed by atoms with van der Waals surface area (Å²) < 4.78 is 59.8. The molecule has 3 atom stereocenters. The highest BCUT2D eigenvalue weighted by molar-refractivity contribution is 5.80. The molecule has 6 nitrogen and oxygen atoms in total. The van der Waals surface area contributed by atoms with Crippen LogP contribution in [0.2, 0.25) is 0 Å². The lowest BCUT2D eigenvalue weighted by Crippen LogP contribution is -2.47. The Morgan fingerprint density at radius 3 is 1.93 bits per heavy atom. The van der Waals surface area contributed by atoms with Crippen molar-refractivity contribution in [3.63, 3.8) is 0 Å². The third kappa shape index (κ3) is 6.35. The molecule has 2 aliphatic rings. The highest BCUT2D eigenvalue weighted by Crippen LogP contribution is 2.39. The number of carbonyl (C=O) groups is 2. The lowest BCUT2D eigenvalue weighted by atomic mass is 9.83. The maximum absolute atomic E-state index is 13.7. The zero-order chi connectivity index (χ0) is 30.0. The minimum Gasteiger partial charge on any atom is -0.542 e. The number of quaternary nitrogens is 1. The molecule has 0 aliphatic carbocycles. The quantitative estimate of drug-likeness (QED) is 0.360. The maximum Gasteiger partial charge on any atom is 0.430 e. The summed E-state index contributed by atoms with van der Waals surface area (Å²) >= 11 is 0. The first kappa shape index (κ1) is 30.0. The van der Waals surface area contributed by atoms with Crippen molar-refractivity contribution in [3.8, 4) is 0 Å². The average molecular weight is 576 g/mol. The molecular formula is C30H30F5N3O3. The molecule has 2 aliphatic heterocycles. The van der Waals surface area contributed by atoms with Crippen LogP contribution in [0.5, 0.6) is 0 Å². The van der Waals surface area contributed by atoms with Crippen LogP contribution in [0.1, 0.15) is 36.1 Å². The van der Waals surface area contributed by atoms with Gasteiger partial charge in [0, 0.05) is 12.0 Å². The number of likely N-dealkylation sites (N-methyl/N-ethyl adjacent to an activating group) is 1. The molecule has 41 heavy (non-hydrogen) atoms. The number of urea groups is 1. The minimum absolute atomic E-state index is 0.0823. The summed E-state index contributed by atoms with van der Waals surface area (Å²) in [5.74, 6) is -3.68. The molecule has 0 bridgehead atoms. The topological polar surface area (TPSA) is 72.5 Å². The van der Waals surface area contributed by atoms with Gasteiger partial charge in [-0.15, -0.1) is 0 Å². The van der Waals surface area contributed by atoms with Crippen molar-refractivity contribution in [1.82, 2.24) is 10.2 Å². The monoisotopic (exact) mass is 575 g/mol. The van der Waals surface area contributed by atoms with Gasteiger partial charge in [0.25, 0.3) is 0 Å². The fourth-order valence-corrected chi connectivity index (χ4v) is 5.68. The second-order valence-corrected chi connectivity index (χ2v) is 10.7. The Bertz CT molecular complexity index is 1320. The SMILES string of the molecule is CC(c1ccccc1)[N+]1(C)CC[C@@H](N2CC(c3ccc(F)cc3)(c3ccc(F)cc3)NC2=O)C1.O=C([O-])C(F)(F)F. The molecule has 5 rings (SSSR count). The van der Waals surface area contributed by atoms with Gasteiger partial charge in [0.05, 0.1) is 32.7 Å². The van der Waals surface area contributed by atoms with Crippen LogP contribution in [0.4, 0.5) is 26.7 Å². The highest BCUT2D eigenvalue weighted by atomic mass is 19.4. The lowest BCUT2D eigenvalue weighted by molar-refractivity contribution is -0.927. The van der Waals surface area contributed by atoms with Gasteiger partial charge < -0.3 is 24.6 Å². The van der Waals surface area contributed by atoms with Crippen LogP contribution in [0, 0.1) is 11.6 Å². The zero-order valence-electron chi connectivity index (χ0n) is 22.5. The number of carbonyl (C=O) groups excluding carboxylic acids is 2. The number of aliphatic carboxylic acids is 1. The molecule has 2 saturated heterocycles. The Labute approximate surface area is 234 Å². The van der Waals surface area contributed by atoms with Gasteiger partial charge in [-0.05, 0) is 42.3 Å². The Hall–Kier alpha value is -3.99. The van der Waals surface area contributed by atoms with Crippen LogP contribution >= 0.6 is 0 Å². The van der Waals surface area contributed by atoms with Crippen LogP contribution in [0.15, 0.2) is 78.9 Å². The van der Waals surface area contributed by atoms with E-state index < -0.39 is 17.7 Å². The maximum atomic E-state index is 13.7. The van der Waals surface area contributed by atoms with Crippen molar-refractivity contribution in [3.05, 3.63) is 107 Å². The van der Waals surface area contributed by atoms with Crippen LogP contribution in [0.3, 0.4) is 0 Å². The molecule has 0 saturated carbocycles. The summed E-state index contributed by atoms with van der Waals surface area (Å²) in [6, 6.07) is 23.2. The number of benzene rings is 3. The fraction of sp³-hybridized carbons (Fsp3) is 0.333. The van der Waals surface area contributed by atoms with E-state index in [9.17, 15) is 26.7 Å². The van der Waals surface area contributed by atoms with E-state index in [2.05, 4.69) is 43.6 Å². The predicted molar refractivity (Wildman–Crippen MR) is 139 cm³/mol. The molecule has 218 valence electrons. The Kier molecular flexibility index (Phi) is 8.39. The number of likely N-dealkylation sites (tertiary alicyclic amines) is 1. The molecule has 3 aromatic carbocycles. The van der Waals surface area contributed by atoms with Crippen molar-refractivity contribution in [2.75, 3.05) is 26.7 Å². The van der Waals surface area contributed by atoms with E-state index in [0.717, 1.165) is 35.1 Å². The molecule has 3 aromatic rings. The number of carboxylic acid groups (broad SMARTS) is 1. The Morgan fingerprint density at radius 2 is 1.46 bits per heavy atom. The standard InChI is InChI=1S/C28H29F2N3O.C2HF3O2/c1-20(21-6-4-3-5-7-21)33(2)17-16-26(18-33)32-19-28(31-27(32)34,22-8-12-24(29)13-9-22)23-10-14-25(30)15-11-23;3-2(4,5)1(6)7/h3-15,20,26H,16-19H2,1-2H3;(H,6,7)/t20?,26-,33?;/m1./s1. The number of rotatable bonds is 5. The van der Waals surface area contributed by atoms with Gasteiger partial charge >= 0.3 is 12.2 Å². The first-order valence-electron chi connectivity index (χ1n) is 13.0. The van der Waals surface area contributed by atoms with Gasteiger partial charge in [-0.25, -0.2) is 13.6 Å². The Balaban J connectivity index is 0.000000493. The molecule has 11 heteroatoms. The third-order valence-corrected chi connectivity index (χ3v) is 8.15. The van der Waals surface area contributed by atoms with Gasteiger partial charge in [0.15, 0.2) is 0 Å². The van der Waals surface area contributed by atoms with Crippen molar-refractivity contribution >= 4 is 12.0 Å². The van der Waals surface area contributed by atoms with E-state index in [4.69, 9.17) is 9.90 Å². The molecule has 0 spiro atoms. The number of hydrogen-bond acceptors (Lipinski definition) is 3. The number of hydrogen-bond donors (Lipinski definition) is 1. The molecule has 0 aromatic heterocycles. The second-order valence-electron chi connectivity index (χ2n) is 10.7. The Morgan fingerprint density at radius 1 is 0.976 bits per heavy atom. The van der Waals surface area contributed by atoms with Gasteiger partial charge in [-0.1, -0.05) is 54.6 Å². The highest BCUT2D eigenvalue weighted by Gasteiger charge is 2.51. The van der Waals surface area contributed by atoms with Crippen molar-refractivity contribution in [2.45, 2.75) is 37.1 Å². The fourth-order valence-electron chi connectivity index (χ4n) is 5.68. The van der Waals surface area contributed by atoms with Crippen LogP contribution in [-0.4, -0.2) is 60.3 Å². The summed E-state index contributed by atoms with van der Waals surface area (Å²) in [6.07, 6.45) is -4.29. The summed E-state index contributed by atoms with van der Waals surface area (Å²) in [5.41, 5.74) is 1.99. The summed E-state index contributed by atoms with van der Waals surface area (Å²) in [7, 11) is 2.26. The first-order chi connectivity index (χ1) is 19.2. The lowest BCUT2D eigenvalue weighted by Gasteiger charge is -2.37. The van der Waals surface area contributed by atoms with Crippen molar-refractivity contribution < 1.29 is 41.1 Å². The molecule has 2 heterocycles. The number of nitrogens with one attached hydrogen (secondary N) is 1. The normalized spacial score (nSPS) is 22.5. The number of nitrogens with zero attached hydrogens (tertiary/aromatic N) is 2.